The fourth-order valence-corrected chi connectivity index (χ4v) is 3.31. The van der Waals surface area contributed by atoms with E-state index >= 15 is 0 Å². The van der Waals surface area contributed by atoms with Gasteiger partial charge in [0.1, 0.15) is 11.6 Å². The highest BCUT2D eigenvalue weighted by atomic mass is 79.9. The number of anilines is 2. The summed E-state index contributed by atoms with van der Waals surface area (Å²) in [5.74, 6) is 1.71. The molecule has 0 unspecified atom stereocenters. The third kappa shape index (κ3) is 4.36. The van der Waals surface area contributed by atoms with Crippen molar-refractivity contribution in [3.05, 3.63) is 26.9 Å². The van der Waals surface area contributed by atoms with E-state index in [1.54, 1.807) is 23.1 Å². The molecule has 2 heterocycles. The Hall–Kier alpha value is -0.790. The van der Waals surface area contributed by atoms with Crippen LogP contribution in [0.4, 0.5) is 11.6 Å². The summed E-state index contributed by atoms with van der Waals surface area (Å²) in [4.78, 5) is 10.1. The lowest BCUT2D eigenvalue weighted by Gasteiger charge is -2.09. The maximum atomic E-state index is 4.45. The third-order valence-electron chi connectivity index (χ3n) is 2.32. The van der Waals surface area contributed by atoms with E-state index in [-0.39, 0.29) is 0 Å². The second kappa shape index (κ2) is 7.12. The highest BCUT2D eigenvalue weighted by molar-refractivity contribution is 9.11. The van der Waals surface area contributed by atoms with Gasteiger partial charge in [0.25, 0.3) is 0 Å². The Morgan fingerprint density at radius 2 is 2.00 bits per heavy atom. The van der Waals surface area contributed by atoms with Gasteiger partial charge < -0.3 is 10.6 Å². The van der Waals surface area contributed by atoms with E-state index in [0.717, 1.165) is 33.7 Å². The minimum Gasteiger partial charge on any atom is -0.370 e. The molecule has 2 aromatic heterocycles. The van der Waals surface area contributed by atoms with E-state index in [1.165, 1.54) is 4.88 Å². The summed E-state index contributed by atoms with van der Waals surface area (Å²) in [6.07, 6.45) is 1.98. The molecule has 0 aromatic carbocycles. The molecule has 0 saturated heterocycles. The summed E-state index contributed by atoms with van der Waals surface area (Å²) >= 11 is 6.73. The first-order valence-electron chi connectivity index (χ1n) is 5.86. The molecule has 0 atom stereocenters. The summed E-state index contributed by atoms with van der Waals surface area (Å²) in [5.41, 5.74) is 0. The molecule has 0 spiro atoms. The van der Waals surface area contributed by atoms with Gasteiger partial charge in [0.2, 0.25) is 0 Å². The number of hydrogen-bond acceptors (Lipinski definition) is 6. The SMILES string of the molecule is CCNc1cc(NCc2ccc(Br)s2)nc(SC)n1. The molecule has 0 aliphatic carbocycles. The van der Waals surface area contributed by atoms with E-state index in [4.69, 9.17) is 0 Å². The van der Waals surface area contributed by atoms with Gasteiger partial charge in [-0.3, -0.25) is 0 Å². The van der Waals surface area contributed by atoms with Crippen LogP contribution in [0, 0.1) is 0 Å². The number of nitrogens with zero attached hydrogens (tertiary/aromatic N) is 2. The lowest BCUT2D eigenvalue weighted by molar-refractivity contribution is 0.952. The van der Waals surface area contributed by atoms with Crippen LogP contribution in [-0.2, 0) is 6.54 Å². The molecule has 0 bridgehead atoms. The zero-order chi connectivity index (χ0) is 13.7. The lowest BCUT2D eigenvalue weighted by atomic mass is 10.4. The Balaban J connectivity index is 2.08. The first kappa shape index (κ1) is 14.6. The minimum absolute atomic E-state index is 0.771. The predicted molar refractivity (Wildman–Crippen MR) is 87.3 cm³/mol. The van der Waals surface area contributed by atoms with Gasteiger partial charge in [-0.2, -0.15) is 0 Å². The topological polar surface area (TPSA) is 49.8 Å². The molecule has 0 fully saturated rings. The van der Waals surface area contributed by atoms with Crippen LogP contribution in [0.1, 0.15) is 11.8 Å². The Bertz CT molecular complexity index is 544. The molecule has 0 amide bonds. The Labute approximate surface area is 129 Å². The van der Waals surface area contributed by atoms with Gasteiger partial charge in [0.05, 0.1) is 10.3 Å². The molecule has 0 saturated carbocycles. The van der Waals surface area contributed by atoms with E-state index in [2.05, 4.69) is 55.6 Å². The molecule has 0 aliphatic heterocycles. The third-order valence-corrected chi connectivity index (χ3v) is 4.49. The standard InChI is InChI=1S/C12H15BrN4S2/c1-3-14-10-6-11(17-12(16-10)18-2)15-7-8-4-5-9(13)19-8/h4-6H,3,7H2,1-2H3,(H2,14,15,16,17). The Morgan fingerprint density at radius 1 is 1.26 bits per heavy atom. The number of rotatable bonds is 6. The van der Waals surface area contributed by atoms with Crippen molar-refractivity contribution in [3.63, 3.8) is 0 Å². The van der Waals surface area contributed by atoms with Crippen molar-refractivity contribution in [1.82, 2.24) is 9.97 Å². The summed E-state index contributed by atoms with van der Waals surface area (Å²) in [5, 5.41) is 7.32. The summed E-state index contributed by atoms with van der Waals surface area (Å²) in [6.45, 7) is 3.67. The largest absolute Gasteiger partial charge is 0.370 e. The van der Waals surface area contributed by atoms with Crippen LogP contribution in [-0.4, -0.2) is 22.8 Å². The van der Waals surface area contributed by atoms with Crippen molar-refractivity contribution in [2.24, 2.45) is 0 Å². The molecule has 0 aliphatic rings. The molecule has 7 heteroatoms. The van der Waals surface area contributed by atoms with Crippen molar-refractivity contribution in [3.8, 4) is 0 Å². The molecule has 2 aromatic rings. The van der Waals surface area contributed by atoms with Gasteiger partial charge in [-0.05, 0) is 41.2 Å². The van der Waals surface area contributed by atoms with Crippen LogP contribution in [0.2, 0.25) is 0 Å². The zero-order valence-corrected chi connectivity index (χ0v) is 14.0. The number of aromatic nitrogens is 2. The van der Waals surface area contributed by atoms with Crippen molar-refractivity contribution < 1.29 is 0 Å². The molecule has 2 N–H and O–H groups in total. The Morgan fingerprint density at radius 3 is 2.58 bits per heavy atom. The average molecular weight is 359 g/mol. The zero-order valence-electron chi connectivity index (χ0n) is 10.7. The van der Waals surface area contributed by atoms with Crippen LogP contribution >= 0.6 is 39.0 Å². The molecule has 19 heavy (non-hydrogen) atoms. The van der Waals surface area contributed by atoms with Gasteiger partial charge in [-0.25, -0.2) is 9.97 Å². The highest BCUT2D eigenvalue weighted by Crippen LogP contribution is 2.23. The van der Waals surface area contributed by atoms with Gasteiger partial charge in [-0.1, -0.05) is 11.8 Å². The number of nitrogens with one attached hydrogen (secondary N) is 2. The van der Waals surface area contributed by atoms with Gasteiger partial charge in [-0.15, -0.1) is 11.3 Å². The molecule has 2 rings (SSSR count). The van der Waals surface area contributed by atoms with E-state index in [9.17, 15) is 0 Å². The smallest absolute Gasteiger partial charge is 0.191 e. The second-order valence-electron chi connectivity index (χ2n) is 3.71. The number of thioether (sulfide) groups is 1. The van der Waals surface area contributed by atoms with Crippen LogP contribution in [0.3, 0.4) is 0 Å². The fourth-order valence-electron chi connectivity index (χ4n) is 1.50. The predicted octanol–water partition coefficient (Wildman–Crippen LogP) is 4.07. The summed E-state index contributed by atoms with van der Waals surface area (Å²) in [6, 6.07) is 6.09. The first-order valence-corrected chi connectivity index (χ1v) is 8.69. The van der Waals surface area contributed by atoms with Crippen LogP contribution in [0.15, 0.2) is 27.1 Å². The van der Waals surface area contributed by atoms with Crippen molar-refractivity contribution >= 4 is 50.7 Å². The maximum Gasteiger partial charge on any atom is 0.191 e. The second-order valence-corrected chi connectivity index (χ2v) is 7.04. The summed E-state index contributed by atoms with van der Waals surface area (Å²) in [7, 11) is 0. The van der Waals surface area contributed by atoms with Crippen molar-refractivity contribution in [2.75, 3.05) is 23.4 Å². The maximum absolute atomic E-state index is 4.45. The fraction of sp³-hybridized carbons (Fsp3) is 0.333. The summed E-state index contributed by atoms with van der Waals surface area (Å²) < 4.78 is 1.14. The number of hydrogen-bond donors (Lipinski definition) is 2. The Kier molecular flexibility index (Phi) is 5.47. The number of thiophene rings is 1. The van der Waals surface area contributed by atoms with Gasteiger partial charge in [0.15, 0.2) is 5.16 Å². The van der Waals surface area contributed by atoms with E-state index in [0.29, 0.717) is 0 Å². The normalized spacial score (nSPS) is 10.5. The highest BCUT2D eigenvalue weighted by Gasteiger charge is 2.04. The number of halogens is 1. The lowest BCUT2D eigenvalue weighted by Crippen LogP contribution is -2.05. The quantitative estimate of drug-likeness (QED) is 0.602. The van der Waals surface area contributed by atoms with Gasteiger partial charge >= 0.3 is 0 Å². The van der Waals surface area contributed by atoms with Crippen molar-refractivity contribution in [2.45, 2.75) is 18.6 Å². The van der Waals surface area contributed by atoms with Crippen LogP contribution in [0.25, 0.3) is 0 Å². The van der Waals surface area contributed by atoms with Crippen LogP contribution in [0.5, 0.6) is 0 Å². The minimum atomic E-state index is 0.771. The van der Waals surface area contributed by atoms with Crippen molar-refractivity contribution in [1.29, 1.82) is 0 Å². The molecule has 4 nitrogen and oxygen atoms in total. The van der Waals surface area contributed by atoms with E-state index < -0.39 is 0 Å². The van der Waals surface area contributed by atoms with Crippen LogP contribution < -0.4 is 10.6 Å². The van der Waals surface area contributed by atoms with E-state index in [1.807, 2.05) is 12.3 Å². The average Bonchev–Trinajstić information content (AvgIpc) is 2.82. The molecular weight excluding hydrogens is 344 g/mol. The van der Waals surface area contributed by atoms with Gasteiger partial charge in [0, 0.05) is 17.5 Å². The molecule has 0 radical (unpaired) electrons. The molecule has 102 valence electrons. The monoisotopic (exact) mass is 358 g/mol. The first-order chi connectivity index (χ1) is 9.21. The molecular formula is C12H15BrN4S2.